The van der Waals surface area contributed by atoms with Crippen molar-refractivity contribution in [1.82, 2.24) is 9.78 Å². The number of hydrogen-bond donors (Lipinski definition) is 1. The van der Waals surface area contributed by atoms with E-state index in [2.05, 4.69) is 15.3 Å². The highest BCUT2D eigenvalue weighted by Gasteiger charge is 2.18. The highest BCUT2D eigenvalue weighted by molar-refractivity contribution is 7.10. The number of nitro benzene ring substituents is 1. The molecule has 27 heavy (non-hydrogen) atoms. The van der Waals surface area contributed by atoms with Gasteiger partial charge in [-0.3, -0.25) is 14.9 Å². The highest BCUT2D eigenvalue weighted by Crippen LogP contribution is 2.21. The van der Waals surface area contributed by atoms with Crippen molar-refractivity contribution in [3.8, 4) is 11.4 Å². The van der Waals surface area contributed by atoms with Crippen molar-refractivity contribution in [2.75, 3.05) is 0 Å². The highest BCUT2D eigenvalue weighted by atomic mass is 32.1. The average Bonchev–Trinajstić information content (AvgIpc) is 3.08. The van der Waals surface area contributed by atoms with E-state index >= 15 is 0 Å². The van der Waals surface area contributed by atoms with Gasteiger partial charge in [-0.1, -0.05) is 23.5 Å². The first kappa shape index (κ1) is 18.1. The van der Waals surface area contributed by atoms with Crippen LogP contribution in [0.2, 0.25) is 0 Å². The lowest BCUT2D eigenvalue weighted by Gasteiger charge is -2.01. The predicted molar refractivity (Wildman–Crippen MR) is 99.4 cm³/mol. The number of nitrogens with zero attached hydrogens (tertiary/aromatic N) is 5. The Balaban J connectivity index is 2.09. The van der Waals surface area contributed by atoms with Gasteiger partial charge in [0.15, 0.2) is 10.8 Å². The third-order valence-corrected chi connectivity index (χ3v) is 4.41. The number of para-hydroxylation sites is 2. The SMILES string of the molecule is CC(=O)c1nn(-c2ccccc2[N+](=O)[O-])/c(=N\N=C/c2ccc(O)cc2)s1. The van der Waals surface area contributed by atoms with E-state index in [1.54, 1.807) is 24.3 Å². The molecule has 0 radical (unpaired) electrons. The molecule has 0 bridgehead atoms. The lowest BCUT2D eigenvalue weighted by atomic mass is 10.2. The molecule has 0 aliphatic heterocycles. The number of phenolic OH excluding ortho intramolecular Hbond substituents is 1. The molecule has 0 unspecified atom stereocenters. The largest absolute Gasteiger partial charge is 0.508 e. The molecule has 0 aliphatic carbocycles. The van der Waals surface area contributed by atoms with Crippen molar-refractivity contribution < 1.29 is 14.8 Å². The van der Waals surface area contributed by atoms with Crippen LogP contribution in [-0.4, -0.2) is 31.8 Å². The van der Waals surface area contributed by atoms with Crippen LogP contribution in [0.25, 0.3) is 5.69 Å². The molecule has 1 aromatic heterocycles. The van der Waals surface area contributed by atoms with Crippen LogP contribution in [0, 0.1) is 10.1 Å². The number of carbonyl (C=O) groups is 1. The fourth-order valence-corrected chi connectivity index (χ4v) is 2.90. The van der Waals surface area contributed by atoms with Crippen LogP contribution in [0.15, 0.2) is 58.7 Å². The number of rotatable bonds is 5. The van der Waals surface area contributed by atoms with Gasteiger partial charge in [-0.05, 0) is 35.9 Å². The summed E-state index contributed by atoms with van der Waals surface area (Å²) in [5.41, 5.74) is 0.719. The molecule has 136 valence electrons. The summed E-state index contributed by atoms with van der Waals surface area (Å²) in [6.45, 7) is 1.35. The predicted octanol–water partition coefficient (Wildman–Crippen LogP) is 2.69. The molecule has 0 amide bonds. The number of benzene rings is 2. The van der Waals surface area contributed by atoms with E-state index in [4.69, 9.17) is 0 Å². The van der Waals surface area contributed by atoms with E-state index in [1.807, 2.05) is 0 Å². The Hall–Kier alpha value is -3.66. The van der Waals surface area contributed by atoms with Crippen LogP contribution >= 0.6 is 11.3 Å². The minimum atomic E-state index is -0.529. The number of aromatic hydroxyl groups is 1. The van der Waals surface area contributed by atoms with Crippen molar-refractivity contribution in [2.45, 2.75) is 6.92 Å². The van der Waals surface area contributed by atoms with Gasteiger partial charge in [0.25, 0.3) is 5.69 Å². The summed E-state index contributed by atoms with van der Waals surface area (Å²) >= 11 is 0.980. The van der Waals surface area contributed by atoms with Crippen molar-refractivity contribution in [2.24, 2.45) is 10.2 Å². The van der Waals surface area contributed by atoms with Gasteiger partial charge in [0, 0.05) is 13.0 Å². The minimum absolute atomic E-state index is 0.131. The van der Waals surface area contributed by atoms with Crippen LogP contribution in [0.4, 0.5) is 5.69 Å². The number of aromatic nitrogens is 2. The molecule has 0 spiro atoms. The number of carbonyl (C=O) groups excluding carboxylic acids is 1. The van der Waals surface area contributed by atoms with E-state index in [9.17, 15) is 20.0 Å². The van der Waals surface area contributed by atoms with Gasteiger partial charge in [0.2, 0.25) is 4.80 Å². The third kappa shape index (κ3) is 4.12. The maximum absolute atomic E-state index is 11.7. The second kappa shape index (κ2) is 7.70. The topological polar surface area (TPSA) is 123 Å². The first-order chi connectivity index (χ1) is 13.0. The zero-order chi connectivity index (χ0) is 19.4. The molecular weight excluding hydrogens is 370 g/mol. The van der Waals surface area contributed by atoms with Crippen molar-refractivity contribution >= 4 is 29.0 Å². The Kier molecular flexibility index (Phi) is 5.18. The molecule has 1 heterocycles. The van der Waals surface area contributed by atoms with Gasteiger partial charge in [-0.2, -0.15) is 14.9 Å². The maximum atomic E-state index is 11.7. The first-order valence-corrected chi connectivity index (χ1v) is 8.48. The van der Waals surface area contributed by atoms with E-state index < -0.39 is 4.92 Å². The summed E-state index contributed by atoms with van der Waals surface area (Å²) in [4.78, 5) is 22.7. The molecule has 0 saturated heterocycles. The number of Topliss-reactive ketones (excluding diaryl/α,β-unsaturated/α-hetero) is 1. The van der Waals surface area contributed by atoms with Crippen LogP contribution < -0.4 is 4.80 Å². The number of hydrogen-bond acceptors (Lipinski definition) is 8. The molecule has 0 atom stereocenters. The molecule has 0 saturated carbocycles. The van der Waals surface area contributed by atoms with Crippen molar-refractivity contribution in [1.29, 1.82) is 0 Å². The minimum Gasteiger partial charge on any atom is -0.508 e. The van der Waals surface area contributed by atoms with E-state index in [0.29, 0.717) is 5.56 Å². The Labute approximate surface area is 156 Å². The molecule has 1 N–H and O–H groups in total. The zero-order valence-corrected chi connectivity index (χ0v) is 14.8. The summed E-state index contributed by atoms with van der Waals surface area (Å²) in [5, 5.41) is 32.9. The van der Waals surface area contributed by atoms with Gasteiger partial charge in [0.1, 0.15) is 11.4 Å². The summed E-state index contributed by atoms with van der Waals surface area (Å²) in [6, 6.07) is 12.4. The van der Waals surface area contributed by atoms with Gasteiger partial charge < -0.3 is 5.11 Å². The number of ketones is 1. The number of nitro groups is 1. The van der Waals surface area contributed by atoms with Crippen LogP contribution in [0.3, 0.4) is 0 Å². The molecule has 3 aromatic rings. The van der Waals surface area contributed by atoms with Gasteiger partial charge >= 0.3 is 0 Å². The fraction of sp³-hybridized carbons (Fsp3) is 0.0588. The monoisotopic (exact) mass is 383 g/mol. The number of phenols is 1. The second-order valence-electron chi connectivity index (χ2n) is 5.34. The van der Waals surface area contributed by atoms with Crippen molar-refractivity contribution in [3.05, 3.63) is 74.0 Å². The Morgan fingerprint density at radius 2 is 1.96 bits per heavy atom. The van der Waals surface area contributed by atoms with Crippen molar-refractivity contribution in [3.63, 3.8) is 0 Å². The maximum Gasteiger partial charge on any atom is 0.294 e. The Morgan fingerprint density at radius 3 is 2.63 bits per heavy atom. The molecule has 10 heteroatoms. The summed E-state index contributed by atoms with van der Waals surface area (Å²) in [6.07, 6.45) is 1.45. The van der Waals surface area contributed by atoms with E-state index in [1.165, 1.54) is 42.1 Å². The standard InChI is InChI=1S/C17H13N5O4S/c1-11(23)16-20-21(14-4-2-3-5-15(14)22(25)26)17(27-16)19-18-10-12-6-8-13(24)9-7-12/h2-10,24H,1H3/b18-10-,19-17+. The molecule has 0 fully saturated rings. The lowest BCUT2D eigenvalue weighted by molar-refractivity contribution is -0.384. The molecule has 9 nitrogen and oxygen atoms in total. The van der Waals surface area contributed by atoms with Crippen LogP contribution in [0.1, 0.15) is 22.3 Å². The quantitative estimate of drug-likeness (QED) is 0.314. The normalized spacial score (nSPS) is 11.8. The summed E-state index contributed by atoms with van der Waals surface area (Å²) < 4.78 is 1.23. The van der Waals surface area contributed by atoms with E-state index in [0.717, 1.165) is 11.3 Å². The Bertz CT molecular complexity index is 1100. The molecule has 2 aromatic carbocycles. The van der Waals surface area contributed by atoms with Crippen LogP contribution in [-0.2, 0) is 0 Å². The zero-order valence-electron chi connectivity index (χ0n) is 14.0. The summed E-state index contributed by atoms with van der Waals surface area (Å²) in [7, 11) is 0. The van der Waals surface area contributed by atoms with Gasteiger partial charge in [0.05, 0.1) is 11.1 Å². The van der Waals surface area contributed by atoms with Gasteiger partial charge in [-0.25, -0.2) is 0 Å². The first-order valence-electron chi connectivity index (χ1n) is 7.66. The molecular formula is C17H13N5O4S. The molecule has 3 rings (SSSR count). The smallest absolute Gasteiger partial charge is 0.294 e. The molecule has 0 aliphatic rings. The Morgan fingerprint density at radius 1 is 1.26 bits per heavy atom. The lowest BCUT2D eigenvalue weighted by Crippen LogP contribution is -2.15. The summed E-state index contributed by atoms with van der Waals surface area (Å²) in [5.74, 6) is -0.150. The fourth-order valence-electron chi connectivity index (χ4n) is 2.15. The van der Waals surface area contributed by atoms with Gasteiger partial charge in [-0.15, -0.1) is 5.10 Å². The van der Waals surface area contributed by atoms with E-state index in [-0.39, 0.29) is 32.7 Å². The average molecular weight is 383 g/mol. The third-order valence-electron chi connectivity index (χ3n) is 3.41. The van der Waals surface area contributed by atoms with Crippen LogP contribution in [0.5, 0.6) is 5.75 Å². The second-order valence-corrected chi connectivity index (χ2v) is 6.30.